The normalized spacial score (nSPS) is 10.8. The number of nitrogens with one attached hydrogen (secondary N) is 1. The van der Waals surface area contributed by atoms with E-state index in [4.69, 9.17) is 0 Å². The van der Waals surface area contributed by atoms with E-state index in [1.54, 1.807) is 17.5 Å². The van der Waals surface area contributed by atoms with Crippen molar-refractivity contribution < 1.29 is 9.72 Å². The SMILES string of the molecule is Cc1ccc(-c2nnc(SCC(=O)Nc3nc(-c4cccc([N+](=O)[O-])c4)cs3)n2C)cc1. The van der Waals surface area contributed by atoms with E-state index in [9.17, 15) is 14.9 Å². The molecule has 4 rings (SSSR count). The smallest absolute Gasteiger partial charge is 0.270 e. The first kappa shape index (κ1) is 21.7. The molecule has 0 fully saturated rings. The minimum Gasteiger partial charge on any atom is -0.305 e. The Morgan fingerprint density at radius 1 is 1.19 bits per heavy atom. The largest absolute Gasteiger partial charge is 0.305 e. The zero-order chi connectivity index (χ0) is 22.7. The van der Waals surface area contributed by atoms with E-state index in [1.807, 2.05) is 42.8 Å². The third-order valence-corrected chi connectivity index (χ3v) is 6.36. The molecular weight excluding hydrogens is 448 g/mol. The van der Waals surface area contributed by atoms with Crippen LogP contribution in [0.5, 0.6) is 0 Å². The Morgan fingerprint density at radius 3 is 2.72 bits per heavy atom. The minimum absolute atomic E-state index is 0.00818. The summed E-state index contributed by atoms with van der Waals surface area (Å²) in [5, 5.41) is 25.0. The second-order valence-corrected chi connectivity index (χ2v) is 8.71. The number of rotatable bonds is 7. The van der Waals surface area contributed by atoms with Crippen LogP contribution in [0, 0.1) is 17.0 Å². The predicted molar refractivity (Wildman–Crippen MR) is 125 cm³/mol. The number of thioether (sulfide) groups is 1. The number of thiazole rings is 1. The Balaban J connectivity index is 1.38. The molecule has 0 aliphatic rings. The Morgan fingerprint density at radius 2 is 1.97 bits per heavy atom. The van der Waals surface area contributed by atoms with Gasteiger partial charge in [0.05, 0.1) is 16.4 Å². The first-order valence-electron chi connectivity index (χ1n) is 9.50. The number of carbonyl (C=O) groups excluding carboxylic acids is 1. The quantitative estimate of drug-likeness (QED) is 0.241. The summed E-state index contributed by atoms with van der Waals surface area (Å²) < 4.78 is 1.85. The van der Waals surface area contributed by atoms with E-state index in [1.165, 1.54) is 35.2 Å². The van der Waals surface area contributed by atoms with Gasteiger partial charge in [-0.1, -0.05) is 53.7 Å². The topological polar surface area (TPSA) is 116 Å². The highest BCUT2D eigenvalue weighted by Gasteiger charge is 2.15. The number of aromatic nitrogens is 4. The first-order valence-corrected chi connectivity index (χ1v) is 11.4. The summed E-state index contributed by atoms with van der Waals surface area (Å²) in [5.41, 5.74) is 3.30. The fourth-order valence-electron chi connectivity index (χ4n) is 2.92. The molecule has 0 saturated heterocycles. The summed E-state index contributed by atoms with van der Waals surface area (Å²) in [6.07, 6.45) is 0. The maximum Gasteiger partial charge on any atom is 0.270 e. The van der Waals surface area contributed by atoms with Gasteiger partial charge >= 0.3 is 0 Å². The van der Waals surface area contributed by atoms with Gasteiger partial charge in [-0.3, -0.25) is 14.9 Å². The van der Waals surface area contributed by atoms with E-state index in [0.29, 0.717) is 21.5 Å². The van der Waals surface area contributed by atoms with E-state index < -0.39 is 4.92 Å². The Hall–Kier alpha value is -3.57. The van der Waals surface area contributed by atoms with Crippen LogP contribution in [0.3, 0.4) is 0 Å². The second-order valence-electron chi connectivity index (χ2n) is 6.91. The average Bonchev–Trinajstić information content (AvgIpc) is 3.40. The molecule has 162 valence electrons. The molecule has 1 amide bonds. The van der Waals surface area contributed by atoms with Gasteiger partial charge in [0.15, 0.2) is 16.1 Å². The molecule has 11 heteroatoms. The highest BCUT2D eigenvalue weighted by molar-refractivity contribution is 7.99. The zero-order valence-electron chi connectivity index (χ0n) is 17.2. The van der Waals surface area contributed by atoms with Gasteiger partial charge in [0, 0.05) is 35.7 Å². The molecule has 0 aliphatic heterocycles. The van der Waals surface area contributed by atoms with Crippen LogP contribution in [0.2, 0.25) is 0 Å². The molecule has 0 radical (unpaired) electrons. The second kappa shape index (κ2) is 9.28. The van der Waals surface area contributed by atoms with Crippen LogP contribution in [-0.2, 0) is 11.8 Å². The lowest BCUT2D eigenvalue weighted by Gasteiger charge is -2.04. The standard InChI is InChI=1S/C21H18N6O3S2/c1-13-6-8-14(9-7-13)19-24-25-21(26(19)2)32-12-18(28)23-20-22-17(11-31-20)15-4-3-5-16(10-15)27(29)30/h3-11H,12H2,1-2H3,(H,22,23,28). The number of non-ortho nitro benzene ring substituents is 1. The average molecular weight is 467 g/mol. The number of carbonyl (C=O) groups is 1. The Labute approximate surface area is 191 Å². The lowest BCUT2D eigenvalue weighted by molar-refractivity contribution is -0.384. The van der Waals surface area contributed by atoms with Crippen LogP contribution in [0.15, 0.2) is 59.1 Å². The summed E-state index contributed by atoms with van der Waals surface area (Å²) >= 11 is 2.54. The number of hydrogen-bond donors (Lipinski definition) is 1. The van der Waals surface area contributed by atoms with Gasteiger partial charge in [0.2, 0.25) is 5.91 Å². The predicted octanol–water partition coefficient (Wildman–Crippen LogP) is 4.55. The van der Waals surface area contributed by atoms with Crippen molar-refractivity contribution in [3.63, 3.8) is 0 Å². The van der Waals surface area contributed by atoms with Gasteiger partial charge in [-0.05, 0) is 6.92 Å². The van der Waals surface area contributed by atoms with Crippen LogP contribution in [0.25, 0.3) is 22.6 Å². The molecule has 9 nitrogen and oxygen atoms in total. The van der Waals surface area contributed by atoms with Gasteiger partial charge in [-0.25, -0.2) is 4.98 Å². The molecule has 32 heavy (non-hydrogen) atoms. The monoisotopic (exact) mass is 466 g/mol. The molecule has 0 bridgehead atoms. The number of amides is 1. The number of hydrogen-bond acceptors (Lipinski definition) is 8. The number of nitro groups is 1. The first-order chi connectivity index (χ1) is 15.4. The third-order valence-electron chi connectivity index (χ3n) is 4.58. The molecule has 4 aromatic rings. The molecule has 2 aromatic carbocycles. The molecule has 0 aliphatic carbocycles. The summed E-state index contributed by atoms with van der Waals surface area (Å²) in [6, 6.07) is 14.2. The van der Waals surface area contributed by atoms with Crippen molar-refractivity contribution in [2.75, 3.05) is 11.1 Å². The fraction of sp³-hybridized carbons (Fsp3) is 0.143. The van der Waals surface area contributed by atoms with Crippen LogP contribution in [0.1, 0.15) is 5.56 Å². The molecule has 0 atom stereocenters. The summed E-state index contributed by atoms with van der Waals surface area (Å²) in [6.45, 7) is 2.02. The number of nitrogens with zero attached hydrogens (tertiary/aromatic N) is 5. The number of benzene rings is 2. The molecule has 0 saturated carbocycles. The zero-order valence-corrected chi connectivity index (χ0v) is 18.8. The molecule has 0 unspecified atom stereocenters. The van der Waals surface area contributed by atoms with E-state index in [2.05, 4.69) is 20.5 Å². The highest BCUT2D eigenvalue weighted by atomic mass is 32.2. The van der Waals surface area contributed by atoms with Crippen molar-refractivity contribution in [2.45, 2.75) is 12.1 Å². The molecule has 1 N–H and O–H groups in total. The van der Waals surface area contributed by atoms with Crippen molar-refractivity contribution in [1.82, 2.24) is 19.7 Å². The summed E-state index contributed by atoms with van der Waals surface area (Å²) in [5.74, 6) is 0.648. The Kier molecular flexibility index (Phi) is 6.28. The highest BCUT2D eigenvalue weighted by Crippen LogP contribution is 2.28. The van der Waals surface area contributed by atoms with E-state index >= 15 is 0 Å². The maximum absolute atomic E-state index is 12.4. The maximum atomic E-state index is 12.4. The molecule has 2 heterocycles. The molecular formula is C21H18N6O3S2. The van der Waals surface area contributed by atoms with E-state index in [0.717, 1.165) is 17.0 Å². The van der Waals surface area contributed by atoms with Crippen molar-refractivity contribution in [3.05, 3.63) is 69.6 Å². The number of aryl methyl sites for hydroxylation is 1. The van der Waals surface area contributed by atoms with Gasteiger partial charge in [0.25, 0.3) is 5.69 Å². The number of anilines is 1. The van der Waals surface area contributed by atoms with Gasteiger partial charge < -0.3 is 9.88 Å². The lowest BCUT2D eigenvalue weighted by atomic mass is 10.1. The van der Waals surface area contributed by atoms with Crippen LogP contribution < -0.4 is 5.32 Å². The number of nitro benzene ring substituents is 1. The third kappa shape index (κ3) is 4.84. The van der Waals surface area contributed by atoms with Crippen LogP contribution in [0.4, 0.5) is 10.8 Å². The van der Waals surface area contributed by atoms with E-state index in [-0.39, 0.29) is 17.3 Å². The van der Waals surface area contributed by atoms with Crippen LogP contribution >= 0.6 is 23.1 Å². The molecule has 2 aromatic heterocycles. The molecule has 0 spiro atoms. The van der Waals surface area contributed by atoms with Crippen molar-refractivity contribution in [3.8, 4) is 22.6 Å². The fourth-order valence-corrected chi connectivity index (χ4v) is 4.37. The van der Waals surface area contributed by atoms with Gasteiger partial charge in [0.1, 0.15) is 0 Å². The van der Waals surface area contributed by atoms with Crippen LogP contribution in [-0.4, -0.2) is 36.3 Å². The van der Waals surface area contributed by atoms with Crippen molar-refractivity contribution in [2.24, 2.45) is 7.05 Å². The lowest BCUT2D eigenvalue weighted by Crippen LogP contribution is -2.14. The van der Waals surface area contributed by atoms with Gasteiger partial charge in [-0.15, -0.1) is 21.5 Å². The summed E-state index contributed by atoms with van der Waals surface area (Å²) in [4.78, 5) is 27.3. The summed E-state index contributed by atoms with van der Waals surface area (Å²) in [7, 11) is 1.86. The minimum atomic E-state index is -0.452. The van der Waals surface area contributed by atoms with Gasteiger partial charge in [-0.2, -0.15) is 0 Å². The van der Waals surface area contributed by atoms with Crippen molar-refractivity contribution >= 4 is 39.8 Å². The Bertz CT molecular complexity index is 1280. The van der Waals surface area contributed by atoms with Crippen molar-refractivity contribution in [1.29, 1.82) is 0 Å².